The number of nitrogens with two attached hydrogens (primary N) is 2. The molecule has 6 nitrogen and oxygen atoms in total. The van der Waals surface area contributed by atoms with E-state index in [9.17, 15) is 0 Å². The molecule has 4 N–H and O–H groups in total. The van der Waals surface area contributed by atoms with Gasteiger partial charge in [-0.25, -0.2) is 0 Å². The fourth-order valence-corrected chi connectivity index (χ4v) is 3.43. The third kappa shape index (κ3) is 4.63. The molecular formula is C22H30N6. The zero-order chi connectivity index (χ0) is 19.9. The van der Waals surface area contributed by atoms with Crippen molar-refractivity contribution in [1.82, 2.24) is 0 Å². The van der Waals surface area contributed by atoms with Crippen LogP contribution in [0.3, 0.4) is 0 Å². The van der Waals surface area contributed by atoms with Crippen molar-refractivity contribution in [2.45, 2.75) is 13.8 Å². The van der Waals surface area contributed by atoms with Gasteiger partial charge in [0.1, 0.15) is 11.7 Å². The van der Waals surface area contributed by atoms with Crippen LogP contribution in [0, 0.1) is 0 Å². The maximum absolute atomic E-state index is 5.98. The second kappa shape index (κ2) is 9.26. The van der Waals surface area contributed by atoms with Crippen LogP contribution in [0.2, 0.25) is 0 Å². The number of amidine groups is 2. The van der Waals surface area contributed by atoms with Crippen molar-refractivity contribution in [3.8, 4) is 0 Å². The van der Waals surface area contributed by atoms with Crippen molar-refractivity contribution in [3.05, 3.63) is 59.7 Å². The van der Waals surface area contributed by atoms with Gasteiger partial charge in [-0.05, 0) is 62.4 Å². The topological polar surface area (TPSA) is 83.2 Å². The van der Waals surface area contributed by atoms with Crippen molar-refractivity contribution in [3.63, 3.8) is 0 Å². The molecule has 1 aliphatic rings. The summed E-state index contributed by atoms with van der Waals surface area (Å²) in [5.41, 5.74) is 16.4. The molecule has 3 rings (SSSR count). The lowest BCUT2D eigenvalue weighted by atomic mass is 10.1. The number of benzene rings is 2. The van der Waals surface area contributed by atoms with E-state index in [1.807, 2.05) is 13.8 Å². The average Bonchev–Trinajstić information content (AvgIpc) is 2.74. The van der Waals surface area contributed by atoms with E-state index in [1.165, 1.54) is 11.4 Å². The van der Waals surface area contributed by atoms with Gasteiger partial charge in [-0.1, -0.05) is 0 Å². The summed E-state index contributed by atoms with van der Waals surface area (Å²) in [4.78, 5) is 13.4. The smallest absolute Gasteiger partial charge is 0.125 e. The average molecular weight is 379 g/mol. The van der Waals surface area contributed by atoms with Gasteiger partial charge in [0.25, 0.3) is 0 Å². The molecule has 0 aliphatic carbocycles. The van der Waals surface area contributed by atoms with Crippen LogP contribution < -0.4 is 21.3 Å². The Morgan fingerprint density at radius 1 is 0.679 bits per heavy atom. The molecular weight excluding hydrogens is 348 g/mol. The maximum Gasteiger partial charge on any atom is 0.125 e. The van der Waals surface area contributed by atoms with Gasteiger partial charge in [0.2, 0.25) is 0 Å². The Labute approximate surface area is 167 Å². The number of nitrogens with zero attached hydrogens (tertiary/aromatic N) is 4. The molecule has 0 radical (unpaired) electrons. The predicted molar refractivity (Wildman–Crippen MR) is 120 cm³/mol. The van der Waals surface area contributed by atoms with Gasteiger partial charge in [0.05, 0.1) is 0 Å². The normalized spacial score (nSPS) is 15.8. The molecule has 0 saturated carbocycles. The first-order valence-electron chi connectivity index (χ1n) is 9.93. The molecule has 1 saturated heterocycles. The third-order valence-corrected chi connectivity index (χ3v) is 4.99. The van der Waals surface area contributed by atoms with E-state index in [0.717, 1.165) is 37.3 Å². The lowest BCUT2D eigenvalue weighted by Crippen LogP contribution is -2.46. The van der Waals surface area contributed by atoms with E-state index >= 15 is 0 Å². The maximum atomic E-state index is 5.98. The van der Waals surface area contributed by atoms with Gasteiger partial charge < -0.3 is 21.3 Å². The lowest BCUT2D eigenvalue weighted by Gasteiger charge is -2.37. The second-order valence-corrected chi connectivity index (χ2v) is 6.79. The monoisotopic (exact) mass is 378 g/mol. The number of piperazine rings is 1. The Hall–Kier alpha value is -3.02. The Bertz CT molecular complexity index is 744. The van der Waals surface area contributed by atoms with Gasteiger partial charge in [-0.2, -0.15) is 0 Å². The van der Waals surface area contributed by atoms with E-state index in [-0.39, 0.29) is 0 Å². The number of rotatable bonds is 6. The number of hydrogen-bond acceptors (Lipinski definition) is 4. The highest BCUT2D eigenvalue weighted by Gasteiger charge is 2.17. The van der Waals surface area contributed by atoms with E-state index in [1.54, 1.807) is 0 Å². The molecule has 0 atom stereocenters. The summed E-state index contributed by atoms with van der Waals surface area (Å²) < 4.78 is 0. The lowest BCUT2D eigenvalue weighted by molar-refractivity contribution is 0.653. The van der Waals surface area contributed by atoms with Gasteiger partial charge in [-0.15, -0.1) is 0 Å². The molecule has 0 bridgehead atoms. The molecule has 0 spiro atoms. The first kappa shape index (κ1) is 19.7. The number of hydrogen-bond donors (Lipinski definition) is 2. The first-order valence-corrected chi connectivity index (χ1v) is 9.93. The molecule has 0 unspecified atom stereocenters. The Kier molecular flexibility index (Phi) is 6.53. The van der Waals surface area contributed by atoms with Gasteiger partial charge in [0, 0.05) is 61.8 Å². The predicted octanol–water partition coefficient (Wildman–Crippen LogP) is 2.46. The molecule has 148 valence electrons. The zero-order valence-corrected chi connectivity index (χ0v) is 16.8. The Morgan fingerprint density at radius 3 is 1.29 bits per heavy atom. The quantitative estimate of drug-likeness (QED) is 0.597. The van der Waals surface area contributed by atoms with Crippen molar-refractivity contribution in [1.29, 1.82) is 0 Å². The summed E-state index contributed by atoms with van der Waals surface area (Å²) >= 11 is 0. The van der Waals surface area contributed by atoms with Gasteiger partial charge >= 0.3 is 0 Å². The standard InChI is InChI=1S/C22H30N6/c1-3-25-21(23)17-5-9-19(10-6-17)27-13-15-28(16-14-27)20-11-7-18(8-12-20)22(24)26-4-2/h5-12H,3-4,13-16H2,1-2H3,(H2,23,25)(H2,24,26). The highest BCUT2D eigenvalue weighted by atomic mass is 15.3. The zero-order valence-electron chi connectivity index (χ0n) is 16.8. The molecule has 6 heteroatoms. The summed E-state index contributed by atoms with van der Waals surface area (Å²) in [7, 11) is 0. The molecule has 1 heterocycles. The van der Waals surface area contributed by atoms with Crippen molar-refractivity contribution in [2.24, 2.45) is 21.5 Å². The summed E-state index contributed by atoms with van der Waals surface area (Å²) in [5, 5.41) is 0. The molecule has 2 aromatic carbocycles. The Balaban J connectivity index is 1.60. The Morgan fingerprint density at radius 2 is 1.00 bits per heavy atom. The van der Waals surface area contributed by atoms with Gasteiger partial charge in [-0.3, -0.25) is 9.98 Å². The van der Waals surface area contributed by atoms with Crippen molar-refractivity contribution < 1.29 is 0 Å². The molecule has 28 heavy (non-hydrogen) atoms. The molecule has 0 amide bonds. The van der Waals surface area contributed by atoms with Gasteiger partial charge in [0.15, 0.2) is 0 Å². The molecule has 0 aromatic heterocycles. The highest BCUT2D eigenvalue weighted by Crippen LogP contribution is 2.21. The highest BCUT2D eigenvalue weighted by molar-refractivity contribution is 5.98. The summed E-state index contributed by atoms with van der Waals surface area (Å²) in [6.07, 6.45) is 0. The molecule has 2 aromatic rings. The number of anilines is 2. The van der Waals surface area contributed by atoms with Crippen LogP contribution in [0.1, 0.15) is 25.0 Å². The largest absolute Gasteiger partial charge is 0.384 e. The van der Waals surface area contributed by atoms with E-state index in [0.29, 0.717) is 24.8 Å². The van der Waals surface area contributed by atoms with E-state index in [4.69, 9.17) is 11.5 Å². The first-order chi connectivity index (χ1) is 13.6. The summed E-state index contributed by atoms with van der Waals surface area (Å²) in [5.74, 6) is 1.21. The van der Waals surface area contributed by atoms with E-state index < -0.39 is 0 Å². The van der Waals surface area contributed by atoms with Crippen molar-refractivity contribution in [2.75, 3.05) is 49.1 Å². The summed E-state index contributed by atoms with van der Waals surface area (Å²) in [6.45, 7) is 9.32. The van der Waals surface area contributed by atoms with Crippen LogP contribution in [-0.4, -0.2) is 50.9 Å². The van der Waals surface area contributed by atoms with Crippen molar-refractivity contribution >= 4 is 23.0 Å². The van der Waals surface area contributed by atoms with Crippen LogP contribution >= 0.6 is 0 Å². The fraction of sp³-hybridized carbons (Fsp3) is 0.364. The number of aliphatic imine (C=N–C) groups is 2. The van der Waals surface area contributed by atoms with Crippen LogP contribution in [0.25, 0.3) is 0 Å². The summed E-state index contributed by atoms with van der Waals surface area (Å²) in [6, 6.07) is 16.7. The fourth-order valence-electron chi connectivity index (χ4n) is 3.43. The van der Waals surface area contributed by atoms with Crippen LogP contribution in [0.15, 0.2) is 58.5 Å². The molecule has 1 fully saturated rings. The second-order valence-electron chi connectivity index (χ2n) is 6.79. The SMILES string of the molecule is CCN=C(N)c1ccc(N2CCN(c3ccc(C(N)=NCC)cc3)CC2)cc1. The molecule has 1 aliphatic heterocycles. The van der Waals surface area contributed by atoms with Crippen LogP contribution in [0.4, 0.5) is 11.4 Å². The van der Waals surface area contributed by atoms with Crippen LogP contribution in [-0.2, 0) is 0 Å². The minimum atomic E-state index is 0.604. The third-order valence-electron chi connectivity index (χ3n) is 4.99. The van der Waals surface area contributed by atoms with E-state index in [2.05, 4.69) is 68.3 Å². The minimum absolute atomic E-state index is 0.604. The van der Waals surface area contributed by atoms with Crippen LogP contribution in [0.5, 0.6) is 0 Å². The minimum Gasteiger partial charge on any atom is -0.384 e.